The van der Waals surface area contributed by atoms with E-state index < -0.39 is 97.5 Å². The number of hydrogen-bond acceptors (Lipinski definition) is 15. The van der Waals surface area contributed by atoms with E-state index in [0.29, 0.717) is 25.7 Å². The standard InChI is InChI=1S/C85H166O17P2/c1-8-10-11-12-13-14-15-30-38-45-52-59-66-82(87)95-73-81(102-85(90)69-62-55-48-41-34-33-37-44-51-58-65-78(7)9-2)75-100-104(93,94)98-71-79(86)70-97-103(91,92)99-74-80(101-84(89)68-61-54-47-40-32-27-23-19-17-21-25-29-36-43-50-57-64-77(5)6)72-96-83(88)67-60-53-46-39-31-26-22-18-16-20-24-28-35-42-49-56-63-76(3)4/h76-81,86H,8-75H2,1-7H3,(H,91,92)(H,93,94)/t78?,79-,80-,81-/m1/s1. The second kappa shape index (κ2) is 75.1. The highest BCUT2D eigenvalue weighted by Crippen LogP contribution is 2.45. The molecule has 0 aromatic carbocycles. The molecule has 0 saturated carbocycles. The summed E-state index contributed by atoms with van der Waals surface area (Å²) >= 11 is 0. The van der Waals surface area contributed by atoms with Crippen molar-refractivity contribution in [3.05, 3.63) is 0 Å². The maximum absolute atomic E-state index is 13.1. The minimum absolute atomic E-state index is 0.107. The molecule has 0 saturated heterocycles. The number of carbonyl (C=O) groups is 4. The summed E-state index contributed by atoms with van der Waals surface area (Å²) in [6.07, 6.45) is 65.1. The van der Waals surface area contributed by atoms with Gasteiger partial charge in [0.15, 0.2) is 12.2 Å². The summed E-state index contributed by atoms with van der Waals surface area (Å²) in [5, 5.41) is 10.7. The van der Waals surface area contributed by atoms with Crippen LogP contribution in [0.4, 0.5) is 0 Å². The van der Waals surface area contributed by atoms with Gasteiger partial charge >= 0.3 is 39.5 Å². The van der Waals surface area contributed by atoms with E-state index in [0.717, 1.165) is 108 Å². The molecule has 17 nitrogen and oxygen atoms in total. The van der Waals surface area contributed by atoms with Crippen molar-refractivity contribution in [3.63, 3.8) is 0 Å². The van der Waals surface area contributed by atoms with Crippen LogP contribution in [0.25, 0.3) is 0 Å². The van der Waals surface area contributed by atoms with Crippen LogP contribution in [-0.2, 0) is 65.4 Å². The summed E-state index contributed by atoms with van der Waals surface area (Å²) in [5.41, 5.74) is 0. The average molecular weight is 1520 g/mol. The van der Waals surface area contributed by atoms with Crippen LogP contribution < -0.4 is 0 Å². The number of phosphoric acid groups is 2. The predicted molar refractivity (Wildman–Crippen MR) is 428 cm³/mol. The zero-order valence-corrected chi connectivity index (χ0v) is 70.3. The first-order chi connectivity index (χ1) is 50.3. The van der Waals surface area contributed by atoms with Crippen molar-refractivity contribution in [1.29, 1.82) is 0 Å². The number of esters is 4. The summed E-state index contributed by atoms with van der Waals surface area (Å²) in [4.78, 5) is 73.2. The lowest BCUT2D eigenvalue weighted by molar-refractivity contribution is -0.161. The molecule has 19 heteroatoms. The fourth-order valence-electron chi connectivity index (χ4n) is 13.2. The zero-order chi connectivity index (χ0) is 76.5. The molecule has 0 fully saturated rings. The third kappa shape index (κ3) is 76.8. The van der Waals surface area contributed by atoms with Gasteiger partial charge in [-0.2, -0.15) is 0 Å². The molecule has 0 heterocycles. The van der Waals surface area contributed by atoms with Crippen molar-refractivity contribution >= 4 is 39.5 Å². The Hall–Kier alpha value is -1.94. The maximum atomic E-state index is 13.1. The first-order valence-corrected chi connectivity index (χ1v) is 46.9. The van der Waals surface area contributed by atoms with Gasteiger partial charge in [0.1, 0.15) is 19.3 Å². The molecule has 3 unspecified atom stereocenters. The fraction of sp³-hybridized carbons (Fsp3) is 0.953. The quantitative estimate of drug-likeness (QED) is 0.0222. The van der Waals surface area contributed by atoms with Gasteiger partial charge in [0, 0.05) is 25.7 Å². The number of phosphoric ester groups is 2. The summed E-state index contributed by atoms with van der Waals surface area (Å²) in [7, 11) is -9.93. The van der Waals surface area contributed by atoms with Crippen LogP contribution in [0.1, 0.15) is 447 Å². The number of aliphatic hydroxyl groups is 1. The molecule has 0 aromatic rings. The molecule has 0 radical (unpaired) electrons. The van der Waals surface area contributed by atoms with Gasteiger partial charge in [-0.15, -0.1) is 0 Å². The topological polar surface area (TPSA) is 237 Å². The third-order valence-electron chi connectivity index (χ3n) is 20.2. The van der Waals surface area contributed by atoms with Crippen LogP contribution >= 0.6 is 15.6 Å². The lowest BCUT2D eigenvalue weighted by Crippen LogP contribution is -2.30. The number of aliphatic hydroxyl groups excluding tert-OH is 1. The lowest BCUT2D eigenvalue weighted by atomic mass is 9.99. The average Bonchev–Trinajstić information content (AvgIpc) is 0.912. The molecular formula is C85H166O17P2. The molecule has 0 amide bonds. The van der Waals surface area contributed by atoms with Gasteiger partial charge in [-0.1, -0.05) is 395 Å². The molecule has 0 rings (SSSR count). The van der Waals surface area contributed by atoms with E-state index in [4.69, 9.17) is 37.0 Å². The van der Waals surface area contributed by atoms with E-state index in [1.54, 1.807) is 0 Å². The molecule has 0 spiro atoms. The smallest absolute Gasteiger partial charge is 0.462 e. The second-order valence-electron chi connectivity index (χ2n) is 31.8. The molecule has 0 aliphatic rings. The minimum Gasteiger partial charge on any atom is -0.462 e. The van der Waals surface area contributed by atoms with E-state index in [1.165, 1.54) is 257 Å². The highest BCUT2D eigenvalue weighted by molar-refractivity contribution is 7.47. The zero-order valence-electron chi connectivity index (χ0n) is 68.5. The molecule has 104 heavy (non-hydrogen) atoms. The molecular weight excluding hydrogens is 1350 g/mol. The summed E-state index contributed by atoms with van der Waals surface area (Å²) in [5.74, 6) is 0.321. The molecule has 0 aliphatic heterocycles. The van der Waals surface area contributed by atoms with E-state index in [9.17, 15) is 43.2 Å². The number of unbranched alkanes of at least 4 members (excludes halogenated alkanes) is 50. The summed E-state index contributed by atoms with van der Waals surface area (Å²) in [6.45, 7) is 12.1. The Kier molecular flexibility index (Phi) is 73.7. The lowest BCUT2D eigenvalue weighted by Gasteiger charge is -2.21. The Bertz CT molecular complexity index is 2010. The first kappa shape index (κ1) is 102. The van der Waals surface area contributed by atoms with Gasteiger partial charge in [0.2, 0.25) is 0 Å². The van der Waals surface area contributed by atoms with Crippen LogP contribution in [0.2, 0.25) is 0 Å². The van der Waals surface area contributed by atoms with Crippen molar-refractivity contribution in [3.8, 4) is 0 Å². The molecule has 0 aliphatic carbocycles. The normalized spacial score (nSPS) is 14.2. The third-order valence-corrected chi connectivity index (χ3v) is 22.1. The minimum atomic E-state index is -4.97. The van der Waals surface area contributed by atoms with Gasteiger partial charge in [-0.25, -0.2) is 9.13 Å². The van der Waals surface area contributed by atoms with Crippen molar-refractivity contribution < 1.29 is 80.2 Å². The highest BCUT2D eigenvalue weighted by atomic mass is 31.2. The van der Waals surface area contributed by atoms with Crippen molar-refractivity contribution in [2.45, 2.75) is 465 Å². The Morgan fingerprint density at radius 1 is 0.279 bits per heavy atom. The molecule has 618 valence electrons. The number of rotatable bonds is 83. The van der Waals surface area contributed by atoms with Crippen LogP contribution in [0.5, 0.6) is 0 Å². The SMILES string of the molecule is CCCCCCCCCCCCCCC(=O)OC[C@H](COP(=O)(O)OC[C@H](O)COP(=O)(O)OC[C@@H](COC(=O)CCCCCCCCCCCCCCCCCCC(C)C)OC(=O)CCCCCCCCCCCCCCCCCCC(C)C)OC(=O)CCCCCCCCCCCCC(C)CC. The number of hydrogen-bond donors (Lipinski definition) is 3. The maximum Gasteiger partial charge on any atom is 0.472 e. The van der Waals surface area contributed by atoms with Crippen LogP contribution in [0.3, 0.4) is 0 Å². The Morgan fingerprint density at radius 2 is 0.490 bits per heavy atom. The van der Waals surface area contributed by atoms with Crippen molar-refractivity contribution in [1.82, 2.24) is 0 Å². The van der Waals surface area contributed by atoms with Gasteiger partial charge in [-0.05, 0) is 43.4 Å². The summed E-state index contributed by atoms with van der Waals surface area (Å²) in [6, 6.07) is 0. The molecule has 0 bridgehead atoms. The monoisotopic (exact) mass is 1520 g/mol. The van der Waals surface area contributed by atoms with Crippen LogP contribution in [0, 0.1) is 17.8 Å². The largest absolute Gasteiger partial charge is 0.472 e. The van der Waals surface area contributed by atoms with Gasteiger partial charge in [0.05, 0.1) is 26.4 Å². The van der Waals surface area contributed by atoms with Gasteiger partial charge < -0.3 is 33.8 Å². The molecule has 3 N–H and O–H groups in total. The predicted octanol–water partition coefficient (Wildman–Crippen LogP) is 25.7. The summed E-state index contributed by atoms with van der Waals surface area (Å²) < 4.78 is 68.9. The fourth-order valence-corrected chi connectivity index (χ4v) is 14.7. The Labute approximate surface area is 638 Å². The van der Waals surface area contributed by atoms with E-state index in [1.807, 2.05) is 0 Å². The van der Waals surface area contributed by atoms with Crippen LogP contribution in [0.15, 0.2) is 0 Å². The van der Waals surface area contributed by atoms with E-state index >= 15 is 0 Å². The van der Waals surface area contributed by atoms with Crippen molar-refractivity contribution in [2.24, 2.45) is 17.8 Å². The van der Waals surface area contributed by atoms with E-state index in [-0.39, 0.29) is 25.7 Å². The highest BCUT2D eigenvalue weighted by Gasteiger charge is 2.30. The number of carbonyl (C=O) groups excluding carboxylic acids is 4. The van der Waals surface area contributed by atoms with Gasteiger partial charge in [0.25, 0.3) is 0 Å². The molecule has 6 atom stereocenters. The first-order valence-electron chi connectivity index (χ1n) is 43.9. The van der Waals surface area contributed by atoms with Crippen LogP contribution in [-0.4, -0.2) is 96.7 Å². The second-order valence-corrected chi connectivity index (χ2v) is 34.7. The van der Waals surface area contributed by atoms with Crippen molar-refractivity contribution in [2.75, 3.05) is 39.6 Å². The molecule has 0 aromatic heterocycles. The number of ether oxygens (including phenoxy) is 4. The van der Waals surface area contributed by atoms with E-state index in [2.05, 4.69) is 48.5 Å². The van der Waals surface area contributed by atoms with Gasteiger partial charge in [-0.3, -0.25) is 37.3 Å². The Balaban J connectivity index is 5.26. The Morgan fingerprint density at radius 3 is 0.731 bits per heavy atom.